The average Bonchev–Trinajstić information content (AvgIpc) is 3.05. The number of aromatic amines is 1. The molecule has 0 amide bonds. The molecule has 2 fully saturated rings. The summed E-state index contributed by atoms with van der Waals surface area (Å²) in [5.41, 5.74) is 2.72. The molecule has 2 aliphatic heterocycles. The summed E-state index contributed by atoms with van der Waals surface area (Å²) < 4.78 is 5.59. The zero-order valence-corrected chi connectivity index (χ0v) is 15.5. The van der Waals surface area contributed by atoms with Crippen LogP contribution in [0.5, 0.6) is 0 Å². The fourth-order valence-electron chi connectivity index (χ4n) is 4.02. The molecule has 1 atom stereocenters. The molecule has 0 saturated carbocycles. The molecule has 134 valence electrons. The second kappa shape index (κ2) is 9.07. The van der Waals surface area contributed by atoms with E-state index in [4.69, 9.17) is 4.74 Å². The number of benzene rings is 1. The van der Waals surface area contributed by atoms with E-state index < -0.39 is 0 Å². The lowest BCUT2D eigenvalue weighted by Crippen LogP contribution is -2.47. The molecule has 4 rings (SSSR count). The number of ether oxygens (including phenoxy) is 1. The molecule has 2 saturated heterocycles. The van der Waals surface area contributed by atoms with Crippen molar-refractivity contribution >= 4 is 35.7 Å². The van der Waals surface area contributed by atoms with Gasteiger partial charge in [-0.25, -0.2) is 0 Å². The minimum Gasteiger partial charge on any atom is -0.381 e. The number of piperazine rings is 1. The maximum Gasteiger partial charge on any atom is 0.0469 e. The maximum absolute atomic E-state index is 5.59. The summed E-state index contributed by atoms with van der Waals surface area (Å²) in [5.74, 6) is 0.708. The number of hydrogen-bond acceptors (Lipinski definition) is 3. The molecule has 6 heteroatoms. The van der Waals surface area contributed by atoms with Gasteiger partial charge < -0.3 is 15.0 Å². The van der Waals surface area contributed by atoms with Crippen molar-refractivity contribution in [3.8, 4) is 0 Å². The highest BCUT2D eigenvalue weighted by Gasteiger charge is 2.31. The van der Waals surface area contributed by atoms with E-state index in [1.54, 1.807) is 0 Å². The van der Waals surface area contributed by atoms with Crippen molar-refractivity contribution in [1.82, 2.24) is 15.2 Å². The van der Waals surface area contributed by atoms with Crippen LogP contribution in [0.1, 0.15) is 24.4 Å². The van der Waals surface area contributed by atoms with Crippen LogP contribution in [-0.4, -0.2) is 49.3 Å². The molecular formula is C18H27Cl2N3O. The Balaban J connectivity index is 0.00000104. The smallest absolute Gasteiger partial charge is 0.0469 e. The van der Waals surface area contributed by atoms with Gasteiger partial charge in [0.1, 0.15) is 0 Å². The van der Waals surface area contributed by atoms with Crippen molar-refractivity contribution in [1.29, 1.82) is 0 Å². The van der Waals surface area contributed by atoms with E-state index in [0.717, 1.165) is 39.4 Å². The predicted molar refractivity (Wildman–Crippen MR) is 104 cm³/mol. The van der Waals surface area contributed by atoms with Crippen LogP contribution in [-0.2, 0) is 4.74 Å². The van der Waals surface area contributed by atoms with Gasteiger partial charge in [0.25, 0.3) is 0 Å². The van der Waals surface area contributed by atoms with Crippen LogP contribution in [0.3, 0.4) is 0 Å². The lowest BCUT2D eigenvalue weighted by Gasteiger charge is -2.41. The Morgan fingerprint density at radius 2 is 1.79 bits per heavy atom. The molecule has 0 spiro atoms. The summed E-state index contributed by atoms with van der Waals surface area (Å²) in [6.45, 7) is 6.32. The van der Waals surface area contributed by atoms with Crippen molar-refractivity contribution in [3.63, 3.8) is 0 Å². The Kier molecular flexibility index (Phi) is 7.38. The molecule has 0 radical (unpaired) electrons. The Labute approximate surface area is 156 Å². The number of rotatable bonds is 3. The Hall–Kier alpha value is -0.780. The van der Waals surface area contributed by atoms with Crippen LogP contribution >= 0.6 is 24.8 Å². The van der Waals surface area contributed by atoms with Crippen LogP contribution in [0.15, 0.2) is 30.5 Å². The van der Waals surface area contributed by atoms with E-state index in [1.165, 1.54) is 29.3 Å². The van der Waals surface area contributed by atoms with Gasteiger partial charge in [-0.3, -0.25) is 4.90 Å². The molecule has 24 heavy (non-hydrogen) atoms. The number of halogens is 2. The highest BCUT2D eigenvalue weighted by molar-refractivity contribution is 5.85. The van der Waals surface area contributed by atoms with E-state index in [1.807, 2.05) is 6.20 Å². The van der Waals surface area contributed by atoms with Crippen LogP contribution in [0, 0.1) is 5.92 Å². The fourth-order valence-corrected chi connectivity index (χ4v) is 4.02. The topological polar surface area (TPSA) is 40.3 Å². The van der Waals surface area contributed by atoms with Crippen LogP contribution in [0.2, 0.25) is 0 Å². The van der Waals surface area contributed by atoms with Gasteiger partial charge in [-0.05, 0) is 41.8 Å². The molecule has 0 bridgehead atoms. The quantitative estimate of drug-likeness (QED) is 0.868. The highest BCUT2D eigenvalue weighted by Crippen LogP contribution is 2.36. The number of nitrogens with zero attached hydrogens (tertiary/aromatic N) is 1. The first-order valence-corrected chi connectivity index (χ1v) is 8.51. The van der Waals surface area contributed by atoms with Gasteiger partial charge in [0, 0.05) is 57.1 Å². The van der Waals surface area contributed by atoms with Crippen molar-refractivity contribution < 1.29 is 4.74 Å². The molecule has 2 aliphatic rings. The van der Waals surface area contributed by atoms with Gasteiger partial charge in [-0.15, -0.1) is 24.8 Å². The normalized spacial score (nSPS) is 21.0. The lowest BCUT2D eigenvalue weighted by molar-refractivity contribution is 0.0213. The summed E-state index contributed by atoms with van der Waals surface area (Å²) in [7, 11) is 0. The minimum atomic E-state index is 0. The summed E-state index contributed by atoms with van der Waals surface area (Å²) in [5, 5.41) is 4.78. The molecule has 0 unspecified atom stereocenters. The van der Waals surface area contributed by atoms with E-state index in [-0.39, 0.29) is 24.8 Å². The average molecular weight is 372 g/mol. The number of aromatic nitrogens is 1. The molecule has 1 aromatic carbocycles. The second-order valence-electron chi connectivity index (χ2n) is 6.50. The zero-order valence-electron chi connectivity index (χ0n) is 13.9. The minimum absolute atomic E-state index is 0. The van der Waals surface area contributed by atoms with E-state index in [9.17, 15) is 0 Å². The number of H-pyrrole nitrogens is 1. The van der Waals surface area contributed by atoms with Crippen molar-refractivity contribution in [2.24, 2.45) is 5.92 Å². The molecule has 2 N–H and O–H groups in total. The van der Waals surface area contributed by atoms with E-state index >= 15 is 0 Å². The van der Waals surface area contributed by atoms with Gasteiger partial charge >= 0.3 is 0 Å². The summed E-state index contributed by atoms with van der Waals surface area (Å²) in [4.78, 5) is 6.04. The van der Waals surface area contributed by atoms with E-state index in [0.29, 0.717) is 12.0 Å². The van der Waals surface area contributed by atoms with Gasteiger partial charge in [0.05, 0.1) is 0 Å². The maximum atomic E-state index is 5.59. The SMILES string of the molecule is Cl.Cl.c1cc2ccc([C@@H](C3CCOCC3)N3CCNCC3)cc2[nH]1. The Morgan fingerprint density at radius 3 is 2.54 bits per heavy atom. The van der Waals surface area contributed by atoms with Gasteiger partial charge in [-0.2, -0.15) is 0 Å². The summed E-state index contributed by atoms with van der Waals surface area (Å²) >= 11 is 0. The van der Waals surface area contributed by atoms with Crippen LogP contribution in [0.25, 0.3) is 10.9 Å². The Morgan fingerprint density at radius 1 is 1.04 bits per heavy atom. The first-order valence-electron chi connectivity index (χ1n) is 8.51. The molecule has 0 aliphatic carbocycles. The van der Waals surface area contributed by atoms with Gasteiger partial charge in [0.15, 0.2) is 0 Å². The van der Waals surface area contributed by atoms with Crippen LogP contribution < -0.4 is 5.32 Å². The molecule has 3 heterocycles. The first-order chi connectivity index (χ1) is 10.9. The third-order valence-corrected chi connectivity index (χ3v) is 5.18. The lowest BCUT2D eigenvalue weighted by atomic mass is 9.85. The number of hydrogen-bond donors (Lipinski definition) is 2. The molecule has 1 aromatic heterocycles. The Bertz CT molecular complexity index is 604. The third kappa shape index (κ3) is 4.06. The molecule has 4 nitrogen and oxygen atoms in total. The first kappa shape index (κ1) is 19.5. The zero-order chi connectivity index (χ0) is 14.8. The van der Waals surface area contributed by atoms with E-state index in [2.05, 4.69) is 39.5 Å². The van der Waals surface area contributed by atoms with Crippen molar-refractivity contribution in [2.45, 2.75) is 18.9 Å². The van der Waals surface area contributed by atoms with Gasteiger partial charge in [0.2, 0.25) is 0 Å². The van der Waals surface area contributed by atoms with Gasteiger partial charge in [-0.1, -0.05) is 12.1 Å². The summed E-state index contributed by atoms with van der Waals surface area (Å²) in [6.07, 6.45) is 4.39. The molecular weight excluding hydrogens is 345 g/mol. The second-order valence-corrected chi connectivity index (χ2v) is 6.50. The molecule has 2 aromatic rings. The number of fused-ring (bicyclic) bond motifs is 1. The summed E-state index contributed by atoms with van der Waals surface area (Å²) in [6, 6.07) is 9.62. The number of nitrogens with one attached hydrogen (secondary N) is 2. The highest BCUT2D eigenvalue weighted by atomic mass is 35.5. The monoisotopic (exact) mass is 371 g/mol. The van der Waals surface area contributed by atoms with Crippen molar-refractivity contribution in [3.05, 3.63) is 36.0 Å². The van der Waals surface area contributed by atoms with Crippen LogP contribution in [0.4, 0.5) is 0 Å². The largest absolute Gasteiger partial charge is 0.381 e. The standard InChI is InChI=1S/C18H25N3O.2ClH/c1-2-16(13-17-14(1)3-6-20-17)18(15-4-11-22-12-5-15)21-9-7-19-8-10-21;;/h1-3,6,13,15,18-20H,4-5,7-12H2;2*1H/t18-;;/m1../s1. The third-order valence-electron chi connectivity index (χ3n) is 5.18. The van der Waals surface area contributed by atoms with Crippen molar-refractivity contribution in [2.75, 3.05) is 39.4 Å². The fraction of sp³-hybridized carbons (Fsp3) is 0.556. The predicted octanol–water partition coefficient (Wildman–Crippen LogP) is 3.38.